The van der Waals surface area contributed by atoms with Crippen LogP contribution in [0.1, 0.15) is 58.3 Å². The molecular formula is C15H27NO. The quantitative estimate of drug-likeness (QED) is 0.715. The van der Waals surface area contributed by atoms with Crippen LogP contribution in [0.5, 0.6) is 0 Å². The first-order valence-electron chi connectivity index (χ1n) is 7.41. The summed E-state index contributed by atoms with van der Waals surface area (Å²) in [5, 5.41) is 3.72. The molecule has 1 N–H and O–H groups in total. The molecule has 0 aromatic heterocycles. The Morgan fingerprint density at radius 1 is 1.47 bits per heavy atom. The maximum Gasteiger partial charge on any atom is 0.0589 e. The van der Waals surface area contributed by atoms with Gasteiger partial charge in [0.1, 0.15) is 0 Å². The highest BCUT2D eigenvalue weighted by Crippen LogP contribution is 2.21. The first kappa shape index (κ1) is 13.1. The topological polar surface area (TPSA) is 21.3 Å². The number of rotatable bonds is 6. The van der Waals surface area contributed by atoms with Crippen LogP contribution >= 0.6 is 0 Å². The van der Waals surface area contributed by atoms with E-state index in [2.05, 4.69) is 18.3 Å². The lowest BCUT2D eigenvalue weighted by Gasteiger charge is -2.30. The van der Waals surface area contributed by atoms with E-state index in [0.29, 0.717) is 12.1 Å². The van der Waals surface area contributed by atoms with Crippen molar-refractivity contribution in [2.45, 2.75) is 70.4 Å². The number of ether oxygens (including phenoxy) is 1. The summed E-state index contributed by atoms with van der Waals surface area (Å²) < 4.78 is 5.78. The summed E-state index contributed by atoms with van der Waals surface area (Å²) in [7, 11) is 0. The van der Waals surface area contributed by atoms with Gasteiger partial charge in [-0.25, -0.2) is 0 Å². The number of hydrogen-bond donors (Lipinski definition) is 1. The van der Waals surface area contributed by atoms with Crippen molar-refractivity contribution in [2.24, 2.45) is 0 Å². The van der Waals surface area contributed by atoms with Gasteiger partial charge in [-0.2, -0.15) is 0 Å². The minimum atomic E-state index is 0.511. The summed E-state index contributed by atoms with van der Waals surface area (Å²) in [5.41, 5.74) is 1.68. The van der Waals surface area contributed by atoms with Crippen molar-refractivity contribution in [2.75, 3.05) is 13.2 Å². The van der Waals surface area contributed by atoms with Gasteiger partial charge in [0, 0.05) is 12.6 Å². The highest BCUT2D eigenvalue weighted by atomic mass is 16.5. The monoisotopic (exact) mass is 237 g/mol. The molecule has 2 unspecified atom stereocenters. The smallest absolute Gasteiger partial charge is 0.0589 e. The Bertz CT molecular complexity index is 247. The van der Waals surface area contributed by atoms with E-state index < -0.39 is 0 Å². The molecule has 2 heteroatoms. The second-order valence-electron chi connectivity index (χ2n) is 5.46. The van der Waals surface area contributed by atoms with Crippen molar-refractivity contribution in [1.29, 1.82) is 0 Å². The lowest BCUT2D eigenvalue weighted by atomic mass is 10.00. The molecule has 0 saturated carbocycles. The molecule has 0 bridgehead atoms. The van der Waals surface area contributed by atoms with Crippen molar-refractivity contribution in [1.82, 2.24) is 5.32 Å². The molecule has 0 aromatic carbocycles. The van der Waals surface area contributed by atoms with Crippen molar-refractivity contribution in [3.63, 3.8) is 0 Å². The van der Waals surface area contributed by atoms with Gasteiger partial charge in [0.25, 0.3) is 0 Å². The Morgan fingerprint density at radius 3 is 3.18 bits per heavy atom. The van der Waals surface area contributed by atoms with E-state index in [0.717, 1.165) is 13.2 Å². The van der Waals surface area contributed by atoms with E-state index in [1.54, 1.807) is 5.57 Å². The van der Waals surface area contributed by atoms with Crippen LogP contribution in [0.15, 0.2) is 11.6 Å². The highest BCUT2D eigenvalue weighted by molar-refractivity contribution is 5.07. The molecule has 2 aliphatic rings. The van der Waals surface area contributed by atoms with Crippen LogP contribution in [0.3, 0.4) is 0 Å². The van der Waals surface area contributed by atoms with Gasteiger partial charge < -0.3 is 10.1 Å². The highest BCUT2D eigenvalue weighted by Gasteiger charge is 2.21. The molecule has 0 spiro atoms. The van der Waals surface area contributed by atoms with Gasteiger partial charge in [-0.1, -0.05) is 25.0 Å². The van der Waals surface area contributed by atoms with E-state index in [4.69, 9.17) is 4.74 Å². The molecule has 1 saturated heterocycles. The van der Waals surface area contributed by atoms with Gasteiger partial charge in [0.05, 0.1) is 6.10 Å². The maximum absolute atomic E-state index is 5.78. The first-order valence-corrected chi connectivity index (χ1v) is 7.41. The van der Waals surface area contributed by atoms with E-state index in [1.165, 1.54) is 51.4 Å². The Labute approximate surface area is 106 Å². The van der Waals surface area contributed by atoms with Crippen LogP contribution in [-0.2, 0) is 4.74 Å². The predicted octanol–water partition coefficient (Wildman–Crippen LogP) is 3.42. The summed E-state index contributed by atoms with van der Waals surface area (Å²) >= 11 is 0. The first-order chi connectivity index (χ1) is 8.38. The van der Waals surface area contributed by atoms with Crippen molar-refractivity contribution in [3.05, 3.63) is 11.6 Å². The zero-order chi connectivity index (χ0) is 11.9. The molecule has 2 atom stereocenters. The molecule has 1 heterocycles. The number of hydrogen-bond acceptors (Lipinski definition) is 2. The van der Waals surface area contributed by atoms with Crippen LogP contribution in [0.2, 0.25) is 0 Å². The van der Waals surface area contributed by atoms with Crippen LogP contribution < -0.4 is 5.32 Å². The second kappa shape index (κ2) is 7.17. The molecule has 0 aromatic rings. The average Bonchev–Trinajstić information content (AvgIpc) is 2.83. The fourth-order valence-corrected chi connectivity index (χ4v) is 2.99. The van der Waals surface area contributed by atoms with Gasteiger partial charge >= 0.3 is 0 Å². The third-order valence-electron chi connectivity index (χ3n) is 3.99. The fraction of sp³-hybridized carbons (Fsp3) is 0.867. The Hall–Kier alpha value is -0.340. The van der Waals surface area contributed by atoms with E-state index in [-0.39, 0.29) is 0 Å². The van der Waals surface area contributed by atoms with Crippen molar-refractivity contribution < 1.29 is 4.74 Å². The maximum atomic E-state index is 5.78. The Kier molecular flexibility index (Phi) is 5.53. The third kappa shape index (κ3) is 4.44. The van der Waals surface area contributed by atoms with Crippen LogP contribution in [-0.4, -0.2) is 25.3 Å². The van der Waals surface area contributed by atoms with Gasteiger partial charge in [0.15, 0.2) is 0 Å². The molecular weight excluding hydrogens is 210 g/mol. The summed E-state index contributed by atoms with van der Waals surface area (Å²) in [5.74, 6) is 0. The molecule has 1 aliphatic carbocycles. The minimum absolute atomic E-state index is 0.511. The predicted molar refractivity (Wildman–Crippen MR) is 72.2 cm³/mol. The van der Waals surface area contributed by atoms with Crippen molar-refractivity contribution >= 4 is 0 Å². The van der Waals surface area contributed by atoms with E-state index >= 15 is 0 Å². The lowest BCUT2D eigenvalue weighted by Crippen LogP contribution is -2.39. The lowest BCUT2D eigenvalue weighted by molar-refractivity contribution is -0.00300. The number of nitrogens with one attached hydrogen (secondary N) is 1. The SMILES string of the molecule is CCCC1CC(NCCC2=CCCC2)CCO1. The van der Waals surface area contributed by atoms with Crippen LogP contribution in [0.4, 0.5) is 0 Å². The molecule has 0 amide bonds. The standard InChI is InChI=1S/C15H27NO/c1-2-5-15-12-14(9-11-17-15)16-10-8-13-6-3-4-7-13/h6,14-16H,2-5,7-12H2,1H3. The summed E-state index contributed by atoms with van der Waals surface area (Å²) in [6.07, 6.45) is 13.1. The summed E-state index contributed by atoms with van der Waals surface area (Å²) in [6, 6.07) is 0.697. The zero-order valence-corrected chi connectivity index (χ0v) is 11.2. The molecule has 0 radical (unpaired) electrons. The Morgan fingerprint density at radius 2 is 2.41 bits per heavy atom. The summed E-state index contributed by atoms with van der Waals surface area (Å²) in [4.78, 5) is 0. The van der Waals surface area contributed by atoms with Gasteiger partial charge in [-0.15, -0.1) is 0 Å². The van der Waals surface area contributed by atoms with E-state index in [9.17, 15) is 0 Å². The van der Waals surface area contributed by atoms with Crippen molar-refractivity contribution in [3.8, 4) is 0 Å². The van der Waals surface area contributed by atoms with Gasteiger partial charge in [0.2, 0.25) is 0 Å². The molecule has 17 heavy (non-hydrogen) atoms. The summed E-state index contributed by atoms with van der Waals surface area (Å²) in [6.45, 7) is 4.35. The third-order valence-corrected chi connectivity index (χ3v) is 3.99. The largest absolute Gasteiger partial charge is 0.378 e. The molecule has 1 fully saturated rings. The minimum Gasteiger partial charge on any atom is -0.378 e. The number of allylic oxidation sites excluding steroid dienone is 1. The molecule has 2 rings (SSSR count). The normalized spacial score (nSPS) is 29.4. The molecule has 1 aliphatic heterocycles. The van der Waals surface area contributed by atoms with Crippen LogP contribution in [0, 0.1) is 0 Å². The fourth-order valence-electron chi connectivity index (χ4n) is 2.99. The average molecular weight is 237 g/mol. The molecule has 2 nitrogen and oxygen atoms in total. The van der Waals surface area contributed by atoms with Gasteiger partial charge in [-0.05, 0) is 51.5 Å². The Balaban J connectivity index is 1.61. The van der Waals surface area contributed by atoms with E-state index in [1.807, 2.05) is 0 Å². The van der Waals surface area contributed by atoms with Crippen LogP contribution in [0.25, 0.3) is 0 Å². The van der Waals surface area contributed by atoms with Gasteiger partial charge in [-0.3, -0.25) is 0 Å². The zero-order valence-electron chi connectivity index (χ0n) is 11.2. The molecule has 98 valence electrons. The second-order valence-corrected chi connectivity index (χ2v) is 5.46.